The number of ether oxygens (including phenoxy) is 1. The number of thioether (sulfide) groups is 1. The molecule has 1 N–H and O–H groups in total. The first-order chi connectivity index (χ1) is 7.04. The van der Waals surface area contributed by atoms with E-state index in [1.165, 1.54) is 0 Å². The third-order valence-electron chi connectivity index (χ3n) is 2.06. The molecule has 0 unspecified atom stereocenters. The van der Waals surface area contributed by atoms with Crippen LogP contribution in [0.2, 0.25) is 0 Å². The van der Waals surface area contributed by atoms with E-state index < -0.39 is 11.8 Å². The second-order valence-corrected chi connectivity index (χ2v) is 3.75. The Morgan fingerprint density at radius 1 is 1.47 bits per heavy atom. The van der Waals surface area contributed by atoms with Crippen LogP contribution in [0.3, 0.4) is 0 Å². The fourth-order valence-electron chi connectivity index (χ4n) is 1.36. The van der Waals surface area contributed by atoms with Crippen molar-refractivity contribution in [1.82, 2.24) is 9.97 Å². The summed E-state index contributed by atoms with van der Waals surface area (Å²) >= 11 is 1.09. The molecule has 2 heterocycles. The van der Waals surface area contributed by atoms with Gasteiger partial charge in [-0.15, -0.1) is 0 Å². The highest BCUT2D eigenvalue weighted by atomic mass is 32.2. The normalized spacial score (nSPS) is 18.6. The zero-order chi connectivity index (χ0) is 11.1. The van der Waals surface area contributed by atoms with Gasteiger partial charge in [0.25, 0.3) is 0 Å². The Kier molecular flexibility index (Phi) is 2.51. The highest BCUT2D eigenvalue weighted by Crippen LogP contribution is 2.38. The minimum absolute atomic E-state index is 0.0732. The van der Waals surface area contributed by atoms with Crippen LogP contribution in [-0.2, 0) is 17.3 Å². The Labute approximate surface area is 88.7 Å². The van der Waals surface area contributed by atoms with Gasteiger partial charge in [0.05, 0.1) is 6.61 Å². The molecule has 7 heteroatoms. The molecule has 1 aromatic rings. The second kappa shape index (κ2) is 3.57. The van der Waals surface area contributed by atoms with E-state index in [9.17, 15) is 13.9 Å². The van der Waals surface area contributed by atoms with Crippen molar-refractivity contribution in [2.45, 2.75) is 17.7 Å². The van der Waals surface area contributed by atoms with Crippen LogP contribution in [0, 0.1) is 0 Å². The van der Waals surface area contributed by atoms with Crippen LogP contribution in [-0.4, -0.2) is 27.9 Å². The smallest absolute Gasteiger partial charge is 0.400 e. The molecule has 15 heavy (non-hydrogen) atoms. The summed E-state index contributed by atoms with van der Waals surface area (Å²) in [6.45, 7) is -0.143. The van der Waals surface area contributed by atoms with Crippen LogP contribution >= 0.6 is 11.8 Å². The molecule has 4 nitrogen and oxygen atoms in total. The summed E-state index contributed by atoms with van der Waals surface area (Å²) < 4.78 is 30.8. The molecule has 0 bridgehead atoms. The Hall–Kier alpha value is -0.950. The fraction of sp³-hybridized carbons (Fsp3) is 0.500. The van der Waals surface area contributed by atoms with Crippen LogP contribution in [0.15, 0.2) is 5.16 Å². The van der Waals surface area contributed by atoms with E-state index in [0.29, 0.717) is 0 Å². The molecule has 0 amide bonds. The molecule has 0 saturated carbocycles. The van der Waals surface area contributed by atoms with E-state index >= 15 is 0 Å². The first-order valence-corrected chi connectivity index (χ1v) is 5.43. The lowest BCUT2D eigenvalue weighted by molar-refractivity contribution is -0.258. The van der Waals surface area contributed by atoms with Crippen molar-refractivity contribution in [1.29, 1.82) is 0 Å². The van der Waals surface area contributed by atoms with E-state index in [2.05, 4.69) is 14.7 Å². The summed E-state index contributed by atoms with van der Waals surface area (Å²) in [5, 5.41) is 9.55. The molecule has 0 radical (unpaired) electrons. The zero-order valence-electron chi connectivity index (χ0n) is 7.83. The molecule has 0 atom stereocenters. The van der Waals surface area contributed by atoms with Gasteiger partial charge in [0.1, 0.15) is 0 Å². The van der Waals surface area contributed by atoms with Crippen molar-refractivity contribution < 1.29 is 18.6 Å². The second-order valence-electron chi connectivity index (χ2n) is 2.98. The summed E-state index contributed by atoms with van der Waals surface area (Å²) in [5.74, 6) is -0.382. The van der Waals surface area contributed by atoms with Crippen molar-refractivity contribution in [3.63, 3.8) is 0 Å². The van der Waals surface area contributed by atoms with Crippen molar-refractivity contribution in [2.75, 3.05) is 12.9 Å². The minimum Gasteiger partial charge on any atom is -0.493 e. The topological polar surface area (TPSA) is 55.2 Å². The summed E-state index contributed by atoms with van der Waals surface area (Å²) in [6, 6.07) is 0. The Bertz CT molecular complexity index is 400. The van der Waals surface area contributed by atoms with E-state index in [-0.39, 0.29) is 29.6 Å². The largest absolute Gasteiger partial charge is 0.493 e. The molecule has 0 saturated heterocycles. The fourth-order valence-corrected chi connectivity index (χ4v) is 1.72. The van der Waals surface area contributed by atoms with Crippen LogP contribution in [0.25, 0.3) is 0 Å². The predicted octanol–water partition coefficient (Wildman–Crippen LogP) is 1.53. The lowest BCUT2D eigenvalue weighted by atomic mass is 10.1. The van der Waals surface area contributed by atoms with Gasteiger partial charge in [0, 0.05) is 12.0 Å². The number of alkyl halides is 2. The van der Waals surface area contributed by atoms with Crippen molar-refractivity contribution >= 4 is 11.8 Å². The van der Waals surface area contributed by atoms with Gasteiger partial charge >= 0.3 is 6.11 Å². The maximum absolute atomic E-state index is 13.3. The monoisotopic (exact) mass is 234 g/mol. The van der Waals surface area contributed by atoms with Gasteiger partial charge in [-0.2, -0.15) is 13.8 Å². The van der Waals surface area contributed by atoms with Crippen molar-refractivity contribution in [3.05, 3.63) is 11.3 Å². The van der Waals surface area contributed by atoms with E-state index in [1.54, 1.807) is 6.26 Å². The number of hydrogen-bond acceptors (Lipinski definition) is 5. The van der Waals surface area contributed by atoms with Crippen molar-refractivity contribution in [2.24, 2.45) is 0 Å². The molecule has 82 valence electrons. The quantitative estimate of drug-likeness (QED) is 0.590. The summed E-state index contributed by atoms with van der Waals surface area (Å²) in [7, 11) is 0. The average molecular weight is 234 g/mol. The SMILES string of the molecule is CSc1nc(O)c2c(n1)C(F)(F)OCC2. The van der Waals surface area contributed by atoms with E-state index in [4.69, 9.17) is 0 Å². The molecule has 1 aliphatic rings. The molecule has 1 aliphatic heterocycles. The van der Waals surface area contributed by atoms with Gasteiger partial charge in [-0.3, -0.25) is 0 Å². The standard InChI is InChI=1S/C8H8F2N2O2S/c1-15-7-11-5-4(6(13)12-7)2-3-14-8(5,9)10/h2-3H2,1H3,(H,11,12,13). The van der Waals surface area contributed by atoms with Crippen LogP contribution < -0.4 is 0 Å². The third-order valence-corrected chi connectivity index (χ3v) is 2.61. The first kappa shape index (κ1) is 10.6. The molecular formula is C8H8F2N2O2S. The predicted molar refractivity (Wildman–Crippen MR) is 49.0 cm³/mol. The van der Waals surface area contributed by atoms with Gasteiger partial charge in [-0.1, -0.05) is 11.8 Å². The Morgan fingerprint density at radius 3 is 2.87 bits per heavy atom. The van der Waals surface area contributed by atoms with E-state index in [0.717, 1.165) is 11.8 Å². The summed E-state index contributed by atoms with van der Waals surface area (Å²) in [5.41, 5.74) is -0.449. The lowest BCUT2D eigenvalue weighted by Crippen LogP contribution is -2.28. The maximum atomic E-state index is 13.3. The van der Waals surface area contributed by atoms with Gasteiger partial charge in [0.15, 0.2) is 10.9 Å². The highest BCUT2D eigenvalue weighted by Gasteiger charge is 2.42. The number of hydrogen-bond donors (Lipinski definition) is 1. The minimum atomic E-state index is -3.43. The molecular weight excluding hydrogens is 226 g/mol. The summed E-state index contributed by atoms with van der Waals surface area (Å²) in [6.07, 6.45) is -1.59. The Balaban J connectivity index is 2.59. The number of halogens is 2. The first-order valence-electron chi connectivity index (χ1n) is 4.20. The average Bonchev–Trinajstić information content (AvgIpc) is 2.18. The van der Waals surface area contributed by atoms with Crippen molar-refractivity contribution in [3.8, 4) is 5.88 Å². The number of nitrogens with zero attached hydrogens (tertiary/aromatic N) is 2. The molecule has 0 fully saturated rings. The molecule has 0 aliphatic carbocycles. The number of aromatic hydroxyl groups is 1. The number of fused-ring (bicyclic) bond motifs is 1. The molecule has 0 aromatic carbocycles. The van der Waals surface area contributed by atoms with Crippen LogP contribution in [0.4, 0.5) is 8.78 Å². The van der Waals surface area contributed by atoms with E-state index in [1.807, 2.05) is 0 Å². The maximum Gasteiger partial charge on any atom is 0.400 e. The summed E-state index contributed by atoms with van der Waals surface area (Å²) in [4.78, 5) is 7.35. The third kappa shape index (κ3) is 1.76. The van der Waals surface area contributed by atoms with Gasteiger partial charge < -0.3 is 9.84 Å². The molecule has 2 rings (SSSR count). The van der Waals surface area contributed by atoms with Gasteiger partial charge in [-0.25, -0.2) is 4.98 Å². The molecule has 0 spiro atoms. The highest BCUT2D eigenvalue weighted by molar-refractivity contribution is 7.98. The van der Waals surface area contributed by atoms with Gasteiger partial charge in [-0.05, 0) is 6.26 Å². The van der Waals surface area contributed by atoms with Crippen LogP contribution in [0.1, 0.15) is 11.3 Å². The zero-order valence-corrected chi connectivity index (χ0v) is 8.64. The molecule has 1 aromatic heterocycles. The van der Waals surface area contributed by atoms with Crippen LogP contribution in [0.5, 0.6) is 5.88 Å². The Morgan fingerprint density at radius 2 is 2.20 bits per heavy atom. The lowest BCUT2D eigenvalue weighted by Gasteiger charge is -2.24. The number of rotatable bonds is 1. The number of aromatic nitrogens is 2. The van der Waals surface area contributed by atoms with Gasteiger partial charge in [0.2, 0.25) is 5.88 Å².